The summed E-state index contributed by atoms with van der Waals surface area (Å²) in [5.74, 6) is 1.99. The van der Waals surface area contributed by atoms with Crippen molar-refractivity contribution in [1.82, 2.24) is 15.1 Å². The molecule has 0 unspecified atom stereocenters. The number of benzene rings is 1. The van der Waals surface area contributed by atoms with Gasteiger partial charge in [-0.25, -0.2) is 4.79 Å². The average molecular weight is 453 g/mol. The highest BCUT2D eigenvalue weighted by Crippen LogP contribution is 2.55. The van der Waals surface area contributed by atoms with Crippen molar-refractivity contribution in [2.24, 2.45) is 17.8 Å². The molecule has 0 spiro atoms. The number of nitrogens with zero attached hydrogens (tertiary/aromatic N) is 3. The molecule has 4 saturated carbocycles. The first-order valence-corrected chi connectivity index (χ1v) is 12.6. The molecular weight excluding hydrogens is 416 g/mol. The van der Waals surface area contributed by atoms with E-state index in [1.165, 1.54) is 19.3 Å². The maximum Gasteiger partial charge on any atom is 0.318 e. The summed E-state index contributed by atoms with van der Waals surface area (Å²) >= 11 is 0. The lowest BCUT2D eigenvalue weighted by atomic mass is 9.53. The van der Waals surface area contributed by atoms with Gasteiger partial charge in [0.15, 0.2) is 0 Å². The van der Waals surface area contributed by atoms with Crippen molar-refractivity contribution in [1.29, 1.82) is 0 Å². The monoisotopic (exact) mass is 452 g/mol. The van der Waals surface area contributed by atoms with Crippen LogP contribution >= 0.6 is 0 Å². The van der Waals surface area contributed by atoms with Gasteiger partial charge in [0.1, 0.15) is 19.8 Å². The van der Waals surface area contributed by atoms with E-state index in [-0.39, 0.29) is 43.1 Å². The molecule has 1 aromatic carbocycles. The van der Waals surface area contributed by atoms with Gasteiger partial charge in [0.2, 0.25) is 11.8 Å². The summed E-state index contributed by atoms with van der Waals surface area (Å²) < 4.78 is 0. The van der Waals surface area contributed by atoms with Gasteiger partial charge in [0.05, 0.1) is 0 Å². The van der Waals surface area contributed by atoms with Crippen molar-refractivity contribution < 1.29 is 14.4 Å². The molecule has 5 aliphatic rings. The fraction of sp³-hybridized carbons (Fsp3) is 0.654. The number of nitrogens with one attached hydrogen (secondary N) is 1. The van der Waals surface area contributed by atoms with E-state index in [4.69, 9.17) is 0 Å². The first-order chi connectivity index (χ1) is 15.8. The number of hydrogen-bond acceptors (Lipinski definition) is 3. The highest BCUT2D eigenvalue weighted by Gasteiger charge is 2.52. The average Bonchev–Trinajstić information content (AvgIpc) is 3.14. The van der Waals surface area contributed by atoms with Gasteiger partial charge in [-0.2, -0.15) is 0 Å². The molecule has 33 heavy (non-hydrogen) atoms. The highest BCUT2D eigenvalue weighted by molar-refractivity contribution is 6.00. The fourth-order valence-corrected chi connectivity index (χ4v) is 7.09. The normalized spacial score (nSPS) is 30.1. The molecule has 7 heteroatoms. The predicted octanol–water partition coefficient (Wildman–Crippen LogP) is 3.52. The zero-order chi connectivity index (χ0) is 23.2. The number of aryl methyl sites for hydroxylation is 1. The number of amides is 4. The number of carbonyl (C=O) groups is 3. The van der Waals surface area contributed by atoms with Gasteiger partial charge in [-0.15, -0.1) is 0 Å². The second kappa shape index (κ2) is 8.65. The maximum atomic E-state index is 13.3. The molecule has 1 N–H and O–H groups in total. The fourth-order valence-electron chi connectivity index (χ4n) is 7.09. The van der Waals surface area contributed by atoms with E-state index in [0.29, 0.717) is 6.54 Å². The molecule has 0 aromatic heterocycles. The zero-order valence-electron chi connectivity index (χ0n) is 19.9. The quantitative estimate of drug-likeness (QED) is 0.718. The van der Waals surface area contributed by atoms with Gasteiger partial charge in [0, 0.05) is 17.8 Å². The Labute approximate surface area is 196 Å². The number of hydrogen-bond donors (Lipinski definition) is 1. The summed E-state index contributed by atoms with van der Waals surface area (Å²) in [5.41, 5.74) is 1.80. The van der Waals surface area contributed by atoms with Gasteiger partial charge in [0.25, 0.3) is 0 Å². The Hall–Kier alpha value is -2.57. The molecule has 0 atom stereocenters. The zero-order valence-corrected chi connectivity index (χ0v) is 19.9. The van der Waals surface area contributed by atoms with E-state index < -0.39 is 0 Å². The van der Waals surface area contributed by atoms with Crippen molar-refractivity contribution in [3.05, 3.63) is 29.8 Å². The molecule has 1 aromatic rings. The summed E-state index contributed by atoms with van der Waals surface area (Å²) in [7, 11) is 0. The molecule has 7 nitrogen and oxygen atoms in total. The molecule has 4 bridgehead atoms. The third kappa shape index (κ3) is 4.46. The van der Waals surface area contributed by atoms with Crippen molar-refractivity contribution in [2.75, 3.05) is 31.2 Å². The molecule has 5 fully saturated rings. The smallest absolute Gasteiger partial charge is 0.318 e. The second-order valence-corrected chi connectivity index (χ2v) is 10.9. The van der Waals surface area contributed by atoms with E-state index in [0.717, 1.165) is 54.7 Å². The molecule has 6 rings (SSSR count). The molecule has 1 heterocycles. The standard InChI is InChI=1S/C26H36N4O3/c1-3-7-28(25(33)27-26-12-19-9-20(13-26)11-21(10-19)14-26)15-23(31)29-16-24(32)30(17-29)22-6-4-5-18(2)8-22/h4-6,8,19-21H,3,7,9-17H2,1-2H3,(H,27,33). The minimum Gasteiger partial charge on any atom is -0.333 e. The van der Waals surface area contributed by atoms with Crippen LogP contribution in [0.4, 0.5) is 10.5 Å². The lowest BCUT2D eigenvalue weighted by Crippen LogP contribution is -2.62. The van der Waals surface area contributed by atoms with Crippen molar-refractivity contribution in [3.63, 3.8) is 0 Å². The van der Waals surface area contributed by atoms with Gasteiger partial charge >= 0.3 is 6.03 Å². The molecule has 178 valence electrons. The summed E-state index contributed by atoms with van der Waals surface area (Å²) in [6.07, 6.45) is 8.03. The molecule has 4 amide bonds. The van der Waals surface area contributed by atoms with Crippen LogP contribution in [0.1, 0.15) is 57.4 Å². The molecule has 1 aliphatic heterocycles. The Kier molecular flexibility index (Phi) is 5.83. The van der Waals surface area contributed by atoms with E-state index in [2.05, 4.69) is 5.32 Å². The number of urea groups is 1. The van der Waals surface area contributed by atoms with Crippen LogP contribution in [0, 0.1) is 24.7 Å². The van der Waals surface area contributed by atoms with Crippen LogP contribution in [0.25, 0.3) is 0 Å². The van der Waals surface area contributed by atoms with Gasteiger partial charge < -0.3 is 15.1 Å². The van der Waals surface area contributed by atoms with Gasteiger partial charge in [-0.1, -0.05) is 19.1 Å². The van der Waals surface area contributed by atoms with Crippen LogP contribution in [0.3, 0.4) is 0 Å². The summed E-state index contributed by atoms with van der Waals surface area (Å²) in [6, 6.07) is 7.63. The molecule has 1 saturated heterocycles. The third-order valence-corrected chi connectivity index (χ3v) is 8.12. The van der Waals surface area contributed by atoms with E-state index in [1.54, 1.807) is 14.7 Å². The summed E-state index contributed by atoms with van der Waals surface area (Å²) in [6.45, 7) is 4.85. The molecule has 0 radical (unpaired) electrons. The predicted molar refractivity (Wildman–Crippen MR) is 127 cm³/mol. The van der Waals surface area contributed by atoms with E-state index >= 15 is 0 Å². The van der Waals surface area contributed by atoms with E-state index in [1.807, 2.05) is 38.1 Å². The summed E-state index contributed by atoms with van der Waals surface area (Å²) in [4.78, 5) is 43.9. The molecule has 4 aliphatic carbocycles. The topological polar surface area (TPSA) is 73.0 Å². The van der Waals surface area contributed by atoms with Crippen molar-refractivity contribution in [2.45, 2.75) is 64.3 Å². The van der Waals surface area contributed by atoms with Crippen molar-refractivity contribution in [3.8, 4) is 0 Å². The first-order valence-electron chi connectivity index (χ1n) is 12.6. The van der Waals surface area contributed by atoms with Crippen LogP contribution < -0.4 is 10.2 Å². The Balaban J connectivity index is 1.22. The second-order valence-electron chi connectivity index (χ2n) is 10.9. The Morgan fingerprint density at radius 3 is 2.39 bits per heavy atom. The van der Waals surface area contributed by atoms with E-state index in [9.17, 15) is 14.4 Å². The Bertz CT molecular complexity index is 910. The largest absolute Gasteiger partial charge is 0.333 e. The maximum absolute atomic E-state index is 13.3. The number of rotatable bonds is 6. The van der Waals surface area contributed by atoms with Crippen LogP contribution in [-0.4, -0.2) is 59.5 Å². The number of anilines is 1. The first kappa shape index (κ1) is 22.2. The Morgan fingerprint density at radius 1 is 1.12 bits per heavy atom. The highest BCUT2D eigenvalue weighted by atomic mass is 16.2. The van der Waals surface area contributed by atoms with Crippen LogP contribution in [0.5, 0.6) is 0 Å². The number of carbonyl (C=O) groups excluding carboxylic acids is 3. The SMILES string of the molecule is CCCN(CC(=O)N1CC(=O)N(c2cccc(C)c2)C1)C(=O)NC12CC3CC(CC(C3)C1)C2. The van der Waals surface area contributed by atoms with Gasteiger partial charge in [-0.3, -0.25) is 14.5 Å². The van der Waals surface area contributed by atoms with Crippen LogP contribution in [0.2, 0.25) is 0 Å². The van der Waals surface area contributed by atoms with Crippen LogP contribution in [-0.2, 0) is 9.59 Å². The van der Waals surface area contributed by atoms with Crippen LogP contribution in [0.15, 0.2) is 24.3 Å². The third-order valence-electron chi connectivity index (χ3n) is 8.12. The minimum atomic E-state index is -0.174. The minimum absolute atomic E-state index is 0.0149. The van der Waals surface area contributed by atoms with Crippen molar-refractivity contribution >= 4 is 23.5 Å². The lowest BCUT2D eigenvalue weighted by molar-refractivity contribution is -0.132. The molecular formula is C26H36N4O3. The summed E-state index contributed by atoms with van der Waals surface area (Å²) in [5, 5.41) is 3.39. The Morgan fingerprint density at radius 2 is 1.79 bits per heavy atom. The lowest BCUT2D eigenvalue weighted by Gasteiger charge is -2.57. The van der Waals surface area contributed by atoms with Gasteiger partial charge in [-0.05, 0) is 87.3 Å².